The number of hydrogen-bond donors (Lipinski definition) is 1. The lowest BCUT2D eigenvalue weighted by Gasteiger charge is -2.12. The van der Waals surface area contributed by atoms with Gasteiger partial charge in [0, 0.05) is 12.4 Å². The maximum Gasteiger partial charge on any atom is 0.403 e. The normalized spacial score (nSPS) is 14.4. The molecule has 0 saturated carbocycles. The van der Waals surface area contributed by atoms with Gasteiger partial charge in [0.05, 0.1) is 0 Å². The fraction of sp³-hybridized carbons (Fsp3) is 0.300. The predicted molar refractivity (Wildman–Crippen MR) is 51.9 cm³/mol. The second kappa shape index (κ2) is 4.93. The van der Waals surface area contributed by atoms with Crippen LogP contribution in [0.2, 0.25) is 0 Å². The highest BCUT2D eigenvalue weighted by molar-refractivity contribution is 5.47. The van der Waals surface area contributed by atoms with Crippen LogP contribution in [0.25, 0.3) is 6.08 Å². The molecular weight excluding hydrogens is 205 g/mol. The molecule has 0 bridgehead atoms. The molecule has 0 aromatic carbocycles. The van der Waals surface area contributed by atoms with E-state index in [2.05, 4.69) is 4.98 Å². The zero-order valence-corrected chi connectivity index (χ0v) is 7.91. The van der Waals surface area contributed by atoms with E-state index in [0.29, 0.717) is 0 Å². The first-order valence-corrected chi connectivity index (χ1v) is 4.39. The third-order valence-electron chi connectivity index (χ3n) is 1.81. The van der Waals surface area contributed by atoms with Gasteiger partial charge in [-0.3, -0.25) is 4.98 Å². The fourth-order valence-corrected chi connectivity index (χ4v) is 0.959. The Morgan fingerprint density at radius 2 is 2.20 bits per heavy atom. The van der Waals surface area contributed by atoms with Crippen LogP contribution in [0, 0.1) is 0 Å². The number of halogens is 3. The molecule has 0 saturated heterocycles. The molecule has 2 nitrogen and oxygen atoms in total. The van der Waals surface area contributed by atoms with Crippen LogP contribution in [0.5, 0.6) is 0 Å². The predicted octanol–water partition coefficient (Wildman–Crippen LogP) is 2.37. The summed E-state index contributed by atoms with van der Waals surface area (Å²) >= 11 is 0. The number of pyridine rings is 1. The van der Waals surface area contributed by atoms with E-state index in [1.54, 1.807) is 30.6 Å². The van der Waals surface area contributed by atoms with Crippen LogP contribution in [0.15, 0.2) is 30.6 Å². The second-order valence-electron chi connectivity index (χ2n) is 3.07. The van der Waals surface area contributed by atoms with Crippen LogP contribution in [0.1, 0.15) is 12.0 Å². The van der Waals surface area contributed by atoms with E-state index in [9.17, 15) is 13.2 Å². The van der Waals surface area contributed by atoms with Crippen LogP contribution in [0.4, 0.5) is 13.2 Å². The summed E-state index contributed by atoms with van der Waals surface area (Å²) in [4.78, 5) is 3.83. The molecule has 1 rings (SSSR count). The monoisotopic (exact) mass is 216 g/mol. The van der Waals surface area contributed by atoms with Crippen molar-refractivity contribution in [2.45, 2.75) is 18.6 Å². The lowest BCUT2D eigenvalue weighted by molar-refractivity contribution is -0.146. The maximum absolute atomic E-state index is 12.0. The Morgan fingerprint density at radius 1 is 1.47 bits per heavy atom. The van der Waals surface area contributed by atoms with Gasteiger partial charge < -0.3 is 5.73 Å². The molecule has 0 radical (unpaired) electrons. The molecule has 0 fully saturated rings. The molecular formula is C10H11F3N2. The first-order valence-electron chi connectivity index (χ1n) is 4.39. The van der Waals surface area contributed by atoms with Crippen molar-refractivity contribution in [3.05, 3.63) is 36.2 Å². The molecule has 0 aliphatic carbocycles. The van der Waals surface area contributed by atoms with Gasteiger partial charge in [0.2, 0.25) is 0 Å². The van der Waals surface area contributed by atoms with E-state index in [0.717, 1.165) is 5.56 Å². The highest BCUT2D eigenvalue weighted by Crippen LogP contribution is 2.20. The third kappa shape index (κ3) is 4.12. The third-order valence-corrected chi connectivity index (χ3v) is 1.81. The summed E-state index contributed by atoms with van der Waals surface area (Å²) in [5.74, 6) is 0. The van der Waals surface area contributed by atoms with Crippen LogP contribution < -0.4 is 5.73 Å². The molecule has 15 heavy (non-hydrogen) atoms. The van der Waals surface area contributed by atoms with Crippen molar-refractivity contribution in [1.29, 1.82) is 0 Å². The summed E-state index contributed by atoms with van der Waals surface area (Å²) in [6.07, 6.45) is 1.57. The summed E-state index contributed by atoms with van der Waals surface area (Å²) in [6, 6.07) is 1.66. The van der Waals surface area contributed by atoms with Gasteiger partial charge in [0.15, 0.2) is 0 Å². The van der Waals surface area contributed by atoms with Gasteiger partial charge >= 0.3 is 6.18 Å². The topological polar surface area (TPSA) is 38.9 Å². The minimum atomic E-state index is -4.33. The standard InChI is InChI=1S/C10H11F3N2/c11-10(12,13)9(14)5-1-3-8-4-2-6-15-7-8/h1-4,6-7,9H,5,14H2/b3-1+. The average molecular weight is 216 g/mol. The zero-order valence-electron chi connectivity index (χ0n) is 7.91. The number of nitrogens with two attached hydrogens (primary N) is 1. The van der Waals surface area contributed by atoms with Gasteiger partial charge in [0.25, 0.3) is 0 Å². The Hall–Kier alpha value is -1.36. The van der Waals surface area contributed by atoms with E-state index >= 15 is 0 Å². The lowest BCUT2D eigenvalue weighted by atomic mass is 10.2. The summed E-state index contributed by atoms with van der Waals surface area (Å²) in [5.41, 5.74) is 5.68. The van der Waals surface area contributed by atoms with Crippen LogP contribution in [-0.4, -0.2) is 17.2 Å². The van der Waals surface area contributed by atoms with Crippen molar-refractivity contribution in [1.82, 2.24) is 4.98 Å². The fourth-order valence-electron chi connectivity index (χ4n) is 0.959. The summed E-state index contributed by atoms with van der Waals surface area (Å²) in [7, 11) is 0. The number of aromatic nitrogens is 1. The van der Waals surface area contributed by atoms with E-state index < -0.39 is 12.2 Å². The van der Waals surface area contributed by atoms with Crippen molar-refractivity contribution < 1.29 is 13.2 Å². The molecule has 82 valence electrons. The van der Waals surface area contributed by atoms with E-state index in [1.165, 1.54) is 6.08 Å². The molecule has 0 aliphatic heterocycles. The van der Waals surface area contributed by atoms with Crippen molar-refractivity contribution in [3.8, 4) is 0 Å². The molecule has 1 atom stereocenters. The smallest absolute Gasteiger partial charge is 0.320 e. The molecule has 5 heteroatoms. The molecule has 1 aromatic heterocycles. The maximum atomic E-state index is 12.0. The van der Waals surface area contributed by atoms with Gasteiger partial charge in [0.1, 0.15) is 6.04 Å². The minimum absolute atomic E-state index is 0.224. The zero-order chi connectivity index (χ0) is 11.3. The van der Waals surface area contributed by atoms with Crippen molar-refractivity contribution in [2.75, 3.05) is 0 Å². The number of hydrogen-bond acceptors (Lipinski definition) is 2. The summed E-state index contributed by atoms with van der Waals surface area (Å²) in [5, 5.41) is 0. The summed E-state index contributed by atoms with van der Waals surface area (Å²) < 4.78 is 36.0. The number of nitrogens with zero attached hydrogens (tertiary/aromatic N) is 1. The van der Waals surface area contributed by atoms with Crippen LogP contribution in [0.3, 0.4) is 0 Å². The van der Waals surface area contributed by atoms with Crippen molar-refractivity contribution >= 4 is 6.08 Å². The SMILES string of the molecule is NC(C/C=C/c1cccnc1)C(F)(F)F. The van der Waals surface area contributed by atoms with Gasteiger partial charge in [-0.1, -0.05) is 18.2 Å². The van der Waals surface area contributed by atoms with E-state index in [-0.39, 0.29) is 6.42 Å². The molecule has 0 amide bonds. The van der Waals surface area contributed by atoms with Crippen molar-refractivity contribution in [2.24, 2.45) is 5.73 Å². The van der Waals surface area contributed by atoms with Gasteiger partial charge in [-0.15, -0.1) is 0 Å². The molecule has 1 aromatic rings. The first kappa shape index (κ1) is 11.7. The Morgan fingerprint density at radius 3 is 2.73 bits per heavy atom. The minimum Gasteiger partial charge on any atom is -0.320 e. The van der Waals surface area contributed by atoms with Crippen molar-refractivity contribution in [3.63, 3.8) is 0 Å². The largest absolute Gasteiger partial charge is 0.403 e. The molecule has 0 aliphatic rings. The quantitative estimate of drug-likeness (QED) is 0.842. The Bertz CT molecular complexity index is 319. The van der Waals surface area contributed by atoms with Gasteiger partial charge in [-0.05, 0) is 18.1 Å². The second-order valence-corrected chi connectivity index (χ2v) is 3.07. The van der Waals surface area contributed by atoms with Gasteiger partial charge in [-0.25, -0.2) is 0 Å². The summed E-state index contributed by atoms with van der Waals surface area (Å²) in [6.45, 7) is 0. The van der Waals surface area contributed by atoms with Crippen LogP contribution >= 0.6 is 0 Å². The van der Waals surface area contributed by atoms with Crippen LogP contribution in [-0.2, 0) is 0 Å². The molecule has 2 N–H and O–H groups in total. The van der Waals surface area contributed by atoms with E-state index in [4.69, 9.17) is 5.73 Å². The molecule has 1 heterocycles. The molecule has 0 spiro atoms. The first-order chi connectivity index (χ1) is 7.00. The van der Waals surface area contributed by atoms with E-state index in [1.807, 2.05) is 0 Å². The highest BCUT2D eigenvalue weighted by atomic mass is 19.4. The lowest BCUT2D eigenvalue weighted by Crippen LogP contribution is -2.36. The Labute approximate surface area is 85.6 Å². The van der Waals surface area contributed by atoms with Gasteiger partial charge in [-0.2, -0.15) is 13.2 Å². The number of alkyl halides is 3. The number of rotatable bonds is 3. The average Bonchev–Trinajstić information content (AvgIpc) is 2.18. The highest BCUT2D eigenvalue weighted by Gasteiger charge is 2.35. The molecule has 1 unspecified atom stereocenters. The Balaban J connectivity index is 2.48. The Kier molecular flexibility index (Phi) is 3.85.